The molecule has 0 fully saturated rings. The number of halogens is 1. The number of carbonyl (C=O) groups is 2. The lowest BCUT2D eigenvalue weighted by Gasteiger charge is -2.18. The van der Waals surface area contributed by atoms with E-state index in [2.05, 4.69) is 0 Å². The van der Waals surface area contributed by atoms with Crippen molar-refractivity contribution in [2.45, 2.75) is 6.42 Å². The Morgan fingerprint density at radius 3 is 2.64 bits per heavy atom. The number of ether oxygens (including phenoxy) is 1. The van der Waals surface area contributed by atoms with Crippen LogP contribution in [0.3, 0.4) is 0 Å². The molecule has 0 aromatic heterocycles. The number of esters is 1. The second-order valence-corrected chi connectivity index (χ2v) is 5.87. The number of nitro groups is 1. The van der Waals surface area contributed by atoms with Gasteiger partial charge in [-0.25, -0.2) is 4.79 Å². The number of nitrogens with zero attached hydrogens (tertiary/aromatic N) is 2. The highest BCUT2D eigenvalue weighted by Gasteiger charge is 2.28. The number of hydrogen-bond acceptors (Lipinski definition) is 5. The summed E-state index contributed by atoms with van der Waals surface area (Å²) in [7, 11) is 1.31. The summed E-state index contributed by atoms with van der Waals surface area (Å²) in [5, 5.41) is 10.8. The maximum Gasteiger partial charge on any atom is 0.337 e. The number of nitro benzene ring substituents is 1. The Morgan fingerprint density at radius 2 is 2.00 bits per heavy atom. The monoisotopic (exact) mass is 360 g/mol. The average Bonchev–Trinajstić information content (AvgIpc) is 3.03. The highest BCUT2D eigenvalue weighted by Crippen LogP contribution is 2.32. The van der Waals surface area contributed by atoms with Crippen LogP contribution in [0, 0.1) is 10.1 Å². The lowest BCUT2D eigenvalue weighted by Crippen LogP contribution is -2.29. The predicted molar refractivity (Wildman–Crippen MR) is 91.3 cm³/mol. The molecule has 2 aromatic rings. The first-order chi connectivity index (χ1) is 11.9. The Bertz CT molecular complexity index is 897. The molecule has 0 saturated heterocycles. The molecule has 0 bridgehead atoms. The van der Waals surface area contributed by atoms with Gasteiger partial charge >= 0.3 is 5.97 Å². The third kappa shape index (κ3) is 3.06. The second-order valence-electron chi connectivity index (χ2n) is 5.46. The third-order valence-electron chi connectivity index (χ3n) is 4.04. The summed E-state index contributed by atoms with van der Waals surface area (Å²) >= 11 is 6.05. The number of anilines is 1. The third-order valence-corrected chi connectivity index (χ3v) is 4.35. The van der Waals surface area contributed by atoms with Crippen molar-refractivity contribution < 1.29 is 19.2 Å². The molecule has 128 valence electrons. The van der Waals surface area contributed by atoms with Gasteiger partial charge in [0.2, 0.25) is 0 Å². The summed E-state index contributed by atoms with van der Waals surface area (Å²) in [6.45, 7) is 0.437. The van der Waals surface area contributed by atoms with Crippen LogP contribution in [-0.2, 0) is 11.2 Å². The van der Waals surface area contributed by atoms with Crippen LogP contribution in [0.1, 0.15) is 26.3 Å². The zero-order valence-corrected chi connectivity index (χ0v) is 13.9. The predicted octanol–water partition coefficient (Wildman–Crippen LogP) is 3.24. The Labute approximate surface area is 147 Å². The van der Waals surface area contributed by atoms with E-state index >= 15 is 0 Å². The summed E-state index contributed by atoms with van der Waals surface area (Å²) in [5.74, 6) is -0.782. The topological polar surface area (TPSA) is 89.8 Å². The molecule has 0 aliphatic carbocycles. The number of rotatable bonds is 3. The fourth-order valence-corrected chi connectivity index (χ4v) is 3.05. The maximum atomic E-state index is 12.8. The van der Waals surface area contributed by atoms with Crippen LogP contribution in [0.5, 0.6) is 0 Å². The van der Waals surface area contributed by atoms with Crippen LogP contribution >= 0.6 is 11.6 Å². The molecular weight excluding hydrogens is 348 g/mol. The summed E-state index contributed by atoms with van der Waals surface area (Å²) in [6, 6.07) is 8.73. The SMILES string of the molecule is COC(=O)c1ccc2c(c1)CCN2C(=O)c1ccc([N+](=O)[O-])cc1Cl. The minimum absolute atomic E-state index is 0.0267. The van der Waals surface area contributed by atoms with Gasteiger partial charge in [-0.05, 0) is 36.2 Å². The van der Waals surface area contributed by atoms with E-state index in [-0.39, 0.29) is 22.2 Å². The molecule has 0 atom stereocenters. The van der Waals surface area contributed by atoms with E-state index in [1.54, 1.807) is 23.1 Å². The van der Waals surface area contributed by atoms with Gasteiger partial charge in [0.05, 0.1) is 28.2 Å². The van der Waals surface area contributed by atoms with Gasteiger partial charge in [0.1, 0.15) is 0 Å². The van der Waals surface area contributed by atoms with Crippen LogP contribution in [0.15, 0.2) is 36.4 Å². The van der Waals surface area contributed by atoms with Gasteiger partial charge in [-0.3, -0.25) is 14.9 Å². The fourth-order valence-electron chi connectivity index (χ4n) is 2.79. The first-order valence-electron chi connectivity index (χ1n) is 7.39. The smallest absolute Gasteiger partial charge is 0.337 e. The molecule has 1 aliphatic rings. The van der Waals surface area contributed by atoms with Gasteiger partial charge in [-0.2, -0.15) is 0 Å². The van der Waals surface area contributed by atoms with E-state index in [4.69, 9.17) is 16.3 Å². The average molecular weight is 361 g/mol. The Morgan fingerprint density at radius 1 is 1.24 bits per heavy atom. The molecule has 2 aromatic carbocycles. The van der Waals surface area contributed by atoms with Crippen LogP contribution in [0.2, 0.25) is 5.02 Å². The molecule has 0 radical (unpaired) electrons. The quantitative estimate of drug-likeness (QED) is 0.476. The molecule has 8 heteroatoms. The molecule has 3 rings (SSSR count). The molecule has 25 heavy (non-hydrogen) atoms. The van der Waals surface area contributed by atoms with Crippen LogP contribution in [0.4, 0.5) is 11.4 Å². The van der Waals surface area contributed by atoms with Crippen LogP contribution < -0.4 is 4.90 Å². The lowest BCUT2D eigenvalue weighted by atomic mass is 10.1. The van der Waals surface area contributed by atoms with E-state index < -0.39 is 10.9 Å². The normalized spacial score (nSPS) is 12.6. The number of non-ortho nitro benzene ring substituents is 1. The summed E-state index contributed by atoms with van der Waals surface area (Å²) in [5.41, 5.74) is 1.98. The second kappa shape index (κ2) is 6.52. The van der Waals surface area contributed by atoms with E-state index in [1.807, 2.05) is 0 Å². The minimum atomic E-state index is -0.570. The standard InChI is InChI=1S/C17H13ClN2O5/c1-25-17(22)11-2-5-15-10(8-11)6-7-19(15)16(21)13-4-3-12(20(23)24)9-14(13)18/h2-5,8-9H,6-7H2,1H3. The van der Waals surface area contributed by atoms with Crippen molar-refractivity contribution in [1.29, 1.82) is 0 Å². The van der Waals surface area contributed by atoms with Crippen molar-refractivity contribution in [3.63, 3.8) is 0 Å². The number of amides is 1. The van der Waals surface area contributed by atoms with Crippen molar-refractivity contribution in [1.82, 2.24) is 0 Å². The van der Waals surface area contributed by atoms with Crippen molar-refractivity contribution in [2.75, 3.05) is 18.6 Å². The number of hydrogen-bond donors (Lipinski definition) is 0. The maximum absolute atomic E-state index is 12.8. The molecular formula is C17H13ClN2O5. The Kier molecular flexibility index (Phi) is 4.41. The lowest BCUT2D eigenvalue weighted by molar-refractivity contribution is -0.384. The fraction of sp³-hybridized carbons (Fsp3) is 0.176. The van der Waals surface area contributed by atoms with Crippen LogP contribution in [-0.4, -0.2) is 30.5 Å². The summed E-state index contributed by atoms with van der Waals surface area (Å²) in [4.78, 5) is 36.1. The van der Waals surface area contributed by atoms with Gasteiger partial charge in [-0.15, -0.1) is 0 Å². The van der Waals surface area contributed by atoms with Crippen molar-refractivity contribution in [3.8, 4) is 0 Å². The van der Waals surface area contributed by atoms with E-state index in [0.29, 0.717) is 24.2 Å². The number of benzene rings is 2. The molecule has 1 aliphatic heterocycles. The zero-order chi connectivity index (χ0) is 18.1. The van der Waals surface area contributed by atoms with Crippen molar-refractivity contribution in [3.05, 3.63) is 68.2 Å². The Balaban J connectivity index is 1.91. The number of fused-ring (bicyclic) bond motifs is 1. The zero-order valence-electron chi connectivity index (χ0n) is 13.2. The molecule has 0 saturated carbocycles. The molecule has 1 amide bonds. The Hall–Kier alpha value is -2.93. The molecule has 0 unspecified atom stereocenters. The van der Waals surface area contributed by atoms with E-state index in [0.717, 1.165) is 11.6 Å². The highest BCUT2D eigenvalue weighted by atomic mass is 35.5. The molecule has 0 spiro atoms. The minimum Gasteiger partial charge on any atom is -0.465 e. The number of carbonyl (C=O) groups excluding carboxylic acids is 2. The summed E-state index contributed by atoms with van der Waals surface area (Å²) < 4.78 is 4.69. The van der Waals surface area contributed by atoms with E-state index in [9.17, 15) is 19.7 Å². The first kappa shape index (κ1) is 16.9. The van der Waals surface area contributed by atoms with Crippen LogP contribution in [0.25, 0.3) is 0 Å². The molecule has 7 nitrogen and oxygen atoms in total. The number of methoxy groups -OCH3 is 1. The van der Waals surface area contributed by atoms with Gasteiger partial charge in [0.15, 0.2) is 0 Å². The van der Waals surface area contributed by atoms with Gasteiger partial charge in [-0.1, -0.05) is 11.6 Å². The largest absolute Gasteiger partial charge is 0.465 e. The van der Waals surface area contributed by atoms with Gasteiger partial charge < -0.3 is 9.64 Å². The van der Waals surface area contributed by atoms with Gasteiger partial charge in [0, 0.05) is 24.4 Å². The summed E-state index contributed by atoms with van der Waals surface area (Å²) in [6.07, 6.45) is 0.594. The first-order valence-corrected chi connectivity index (χ1v) is 7.77. The highest BCUT2D eigenvalue weighted by molar-refractivity contribution is 6.34. The van der Waals surface area contributed by atoms with E-state index in [1.165, 1.54) is 19.2 Å². The van der Waals surface area contributed by atoms with Gasteiger partial charge in [0.25, 0.3) is 11.6 Å². The van der Waals surface area contributed by atoms with Crippen molar-refractivity contribution in [2.24, 2.45) is 0 Å². The molecule has 1 heterocycles. The van der Waals surface area contributed by atoms with Crippen molar-refractivity contribution >= 4 is 34.9 Å². The molecule has 0 N–H and O–H groups in total.